The summed E-state index contributed by atoms with van der Waals surface area (Å²) in [4.78, 5) is 0.288. The molecule has 0 fully saturated rings. The van der Waals surface area contributed by atoms with Crippen molar-refractivity contribution in [3.63, 3.8) is 0 Å². The lowest BCUT2D eigenvalue weighted by Gasteiger charge is -2.10. The van der Waals surface area contributed by atoms with Crippen LogP contribution in [0.25, 0.3) is 0 Å². The number of benzene rings is 2. The zero-order valence-electron chi connectivity index (χ0n) is 12.1. The number of nitrogens with two attached hydrogens (primary N) is 1. The maximum atomic E-state index is 6.11. The summed E-state index contributed by atoms with van der Waals surface area (Å²) in [5, 5.41) is 0.509. The van der Waals surface area contributed by atoms with Gasteiger partial charge in [-0.2, -0.15) is 0 Å². The van der Waals surface area contributed by atoms with E-state index in [0.29, 0.717) is 28.9 Å². The van der Waals surface area contributed by atoms with Crippen molar-refractivity contribution in [2.75, 3.05) is 0 Å². The smallest absolute Gasteiger partial charge is 0.121 e. The number of ether oxygens (including phenoxy) is 1. The van der Waals surface area contributed by atoms with Crippen LogP contribution in [-0.2, 0) is 6.61 Å². The molecule has 0 radical (unpaired) electrons. The summed E-state index contributed by atoms with van der Waals surface area (Å²) >= 11 is 11.0. The van der Waals surface area contributed by atoms with E-state index in [-0.39, 0.29) is 4.99 Å². The first-order chi connectivity index (χ1) is 9.97. The molecule has 0 atom stereocenters. The van der Waals surface area contributed by atoms with Gasteiger partial charge < -0.3 is 10.5 Å². The Labute approximate surface area is 135 Å². The highest BCUT2D eigenvalue weighted by Crippen LogP contribution is 2.23. The minimum absolute atomic E-state index is 0.288. The third-order valence-electron chi connectivity index (χ3n) is 3.26. The molecule has 21 heavy (non-hydrogen) atoms. The molecule has 0 heterocycles. The predicted octanol–water partition coefficient (Wildman–Crippen LogP) is 4.68. The van der Waals surface area contributed by atoms with E-state index >= 15 is 0 Å². The van der Waals surface area contributed by atoms with Gasteiger partial charge in [-0.05, 0) is 35.2 Å². The van der Waals surface area contributed by atoms with Crippen molar-refractivity contribution in [1.29, 1.82) is 0 Å². The molecule has 0 aliphatic rings. The van der Waals surface area contributed by atoms with E-state index in [1.807, 2.05) is 6.07 Å². The maximum absolute atomic E-state index is 6.11. The molecule has 110 valence electrons. The molecule has 0 saturated carbocycles. The van der Waals surface area contributed by atoms with Crippen molar-refractivity contribution in [3.05, 3.63) is 64.2 Å². The predicted molar refractivity (Wildman–Crippen MR) is 92.2 cm³/mol. The number of hydrogen-bond acceptors (Lipinski definition) is 2. The zero-order valence-corrected chi connectivity index (χ0v) is 13.7. The Morgan fingerprint density at radius 1 is 1.19 bits per heavy atom. The van der Waals surface area contributed by atoms with Crippen molar-refractivity contribution >= 4 is 28.8 Å². The summed E-state index contributed by atoms with van der Waals surface area (Å²) in [6, 6.07) is 13.8. The number of hydrogen-bond donors (Lipinski definition) is 1. The van der Waals surface area contributed by atoms with E-state index in [2.05, 4.69) is 38.1 Å². The Bertz CT molecular complexity index is 638. The van der Waals surface area contributed by atoms with Crippen LogP contribution >= 0.6 is 23.8 Å². The molecular weight excluding hydrogens is 302 g/mol. The first-order valence-electron chi connectivity index (χ1n) is 6.78. The zero-order chi connectivity index (χ0) is 15.4. The van der Waals surface area contributed by atoms with Crippen LogP contribution in [0.15, 0.2) is 42.5 Å². The average Bonchev–Trinajstić information content (AvgIpc) is 2.45. The summed E-state index contributed by atoms with van der Waals surface area (Å²) in [6.07, 6.45) is 0. The van der Waals surface area contributed by atoms with Crippen LogP contribution < -0.4 is 10.5 Å². The first-order valence-corrected chi connectivity index (χ1v) is 7.57. The molecule has 2 nitrogen and oxygen atoms in total. The normalized spacial score (nSPS) is 10.7. The number of halogens is 1. The molecule has 2 rings (SSSR count). The molecule has 0 bridgehead atoms. The molecular formula is C17H18ClNOS. The van der Waals surface area contributed by atoms with E-state index < -0.39 is 0 Å². The maximum Gasteiger partial charge on any atom is 0.121 e. The largest absolute Gasteiger partial charge is 0.489 e. The molecule has 0 unspecified atom stereocenters. The summed E-state index contributed by atoms with van der Waals surface area (Å²) in [6.45, 7) is 4.86. The SMILES string of the molecule is CC(C)c1ccc(COc2ccc(C(N)=S)c(Cl)c2)cc1. The second kappa shape index (κ2) is 6.92. The highest BCUT2D eigenvalue weighted by atomic mass is 35.5. The molecule has 0 aliphatic heterocycles. The van der Waals surface area contributed by atoms with Gasteiger partial charge in [0.05, 0.1) is 5.02 Å². The van der Waals surface area contributed by atoms with Crippen molar-refractivity contribution < 1.29 is 4.74 Å². The quantitative estimate of drug-likeness (QED) is 0.813. The van der Waals surface area contributed by atoms with Crippen molar-refractivity contribution in [2.45, 2.75) is 26.4 Å². The minimum Gasteiger partial charge on any atom is -0.489 e. The summed E-state index contributed by atoms with van der Waals surface area (Å²) < 4.78 is 5.74. The van der Waals surface area contributed by atoms with E-state index in [1.165, 1.54) is 5.56 Å². The van der Waals surface area contributed by atoms with Gasteiger partial charge in [0.15, 0.2) is 0 Å². The summed E-state index contributed by atoms with van der Waals surface area (Å²) in [5.74, 6) is 1.24. The van der Waals surface area contributed by atoms with Crippen molar-refractivity contribution in [3.8, 4) is 5.75 Å². The fourth-order valence-corrected chi connectivity index (χ4v) is 2.46. The van der Waals surface area contributed by atoms with Gasteiger partial charge in [0, 0.05) is 5.56 Å². The van der Waals surface area contributed by atoms with Crippen molar-refractivity contribution in [1.82, 2.24) is 0 Å². The molecule has 2 N–H and O–H groups in total. The Morgan fingerprint density at radius 3 is 2.38 bits per heavy atom. The lowest BCUT2D eigenvalue weighted by atomic mass is 10.0. The van der Waals surface area contributed by atoms with Gasteiger partial charge in [-0.25, -0.2) is 0 Å². The Balaban J connectivity index is 2.03. The third-order valence-corrected chi connectivity index (χ3v) is 3.79. The summed E-state index contributed by atoms with van der Waals surface area (Å²) in [5.41, 5.74) is 8.68. The fourth-order valence-electron chi connectivity index (χ4n) is 1.95. The fraction of sp³-hybridized carbons (Fsp3) is 0.235. The second-order valence-electron chi connectivity index (χ2n) is 5.19. The third kappa shape index (κ3) is 4.19. The molecule has 4 heteroatoms. The van der Waals surface area contributed by atoms with Crippen LogP contribution in [-0.4, -0.2) is 4.99 Å². The van der Waals surface area contributed by atoms with Gasteiger partial charge in [0.2, 0.25) is 0 Å². The molecule has 0 aromatic heterocycles. The molecule has 0 amide bonds. The van der Waals surface area contributed by atoms with Gasteiger partial charge in [0.25, 0.3) is 0 Å². The Morgan fingerprint density at radius 2 is 1.86 bits per heavy atom. The van der Waals surface area contributed by atoms with E-state index in [4.69, 9.17) is 34.3 Å². The van der Waals surface area contributed by atoms with Gasteiger partial charge in [-0.3, -0.25) is 0 Å². The van der Waals surface area contributed by atoms with E-state index in [1.54, 1.807) is 12.1 Å². The van der Waals surface area contributed by atoms with E-state index in [9.17, 15) is 0 Å². The van der Waals surface area contributed by atoms with E-state index in [0.717, 1.165) is 5.56 Å². The van der Waals surface area contributed by atoms with Crippen LogP contribution in [0, 0.1) is 0 Å². The second-order valence-corrected chi connectivity index (χ2v) is 6.04. The monoisotopic (exact) mass is 319 g/mol. The minimum atomic E-state index is 0.288. The van der Waals surface area contributed by atoms with Crippen LogP contribution in [0.4, 0.5) is 0 Å². The van der Waals surface area contributed by atoms with Crippen LogP contribution in [0.3, 0.4) is 0 Å². The molecule has 0 aliphatic carbocycles. The summed E-state index contributed by atoms with van der Waals surface area (Å²) in [7, 11) is 0. The first kappa shape index (κ1) is 15.8. The average molecular weight is 320 g/mol. The van der Waals surface area contributed by atoms with Gasteiger partial charge in [-0.15, -0.1) is 0 Å². The lowest BCUT2D eigenvalue weighted by Crippen LogP contribution is -2.09. The molecule has 0 saturated heterocycles. The number of rotatable bonds is 5. The highest BCUT2D eigenvalue weighted by molar-refractivity contribution is 7.80. The number of thiocarbonyl (C=S) groups is 1. The topological polar surface area (TPSA) is 35.2 Å². The Kier molecular flexibility index (Phi) is 5.21. The standard InChI is InChI=1S/C17H18ClNOS/c1-11(2)13-5-3-12(4-6-13)10-20-14-7-8-15(17(19)21)16(18)9-14/h3-9,11H,10H2,1-2H3,(H2,19,21). The lowest BCUT2D eigenvalue weighted by molar-refractivity contribution is 0.306. The van der Waals surface area contributed by atoms with Crippen LogP contribution in [0.2, 0.25) is 5.02 Å². The molecule has 2 aromatic carbocycles. The Hall–Kier alpha value is -1.58. The highest BCUT2D eigenvalue weighted by Gasteiger charge is 2.05. The van der Waals surface area contributed by atoms with Gasteiger partial charge >= 0.3 is 0 Å². The van der Waals surface area contributed by atoms with Gasteiger partial charge in [-0.1, -0.05) is 61.9 Å². The van der Waals surface area contributed by atoms with Crippen LogP contribution in [0.5, 0.6) is 5.75 Å². The van der Waals surface area contributed by atoms with Crippen LogP contribution in [0.1, 0.15) is 36.5 Å². The molecule has 0 spiro atoms. The van der Waals surface area contributed by atoms with Gasteiger partial charge in [0.1, 0.15) is 17.3 Å². The van der Waals surface area contributed by atoms with Crippen molar-refractivity contribution in [2.24, 2.45) is 5.73 Å². The molecule has 2 aromatic rings.